The molecule has 0 amide bonds. The van der Waals surface area contributed by atoms with Crippen molar-refractivity contribution < 1.29 is 28.5 Å². The molecule has 6 heteroatoms. The van der Waals surface area contributed by atoms with E-state index in [2.05, 4.69) is 9.47 Å². The largest absolute Gasteiger partial charge is 0.467 e. The van der Waals surface area contributed by atoms with Crippen LogP contribution in [0, 0.1) is 0 Å². The number of carbonyl (C=O) groups excluding carboxylic acids is 2. The van der Waals surface area contributed by atoms with Gasteiger partial charge in [0.15, 0.2) is 18.0 Å². The zero-order chi connectivity index (χ0) is 12.3. The van der Waals surface area contributed by atoms with Crippen molar-refractivity contribution in [3.05, 3.63) is 0 Å². The molecule has 3 atom stereocenters. The highest BCUT2D eigenvalue weighted by Gasteiger charge is 2.51. The van der Waals surface area contributed by atoms with Gasteiger partial charge >= 0.3 is 11.9 Å². The zero-order valence-electron chi connectivity index (χ0n) is 9.81. The second kappa shape index (κ2) is 4.80. The SMILES string of the molecule is CCC1(C)O[C@H](C(=O)OC)[C@H](C(=O)OC)O1. The lowest BCUT2D eigenvalue weighted by Crippen LogP contribution is -2.38. The van der Waals surface area contributed by atoms with Crippen molar-refractivity contribution in [3.8, 4) is 0 Å². The molecule has 92 valence electrons. The van der Waals surface area contributed by atoms with Crippen LogP contribution in [0.2, 0.25) is 0 Å². The number of rotatable bonds is 3. The third-order valence-electron chi connectivity index (χ3n) is 2.54. The van der Waals surface area contributed by atoms with Gasteiger partial charge in [-0.25, -0.2) is 9.59 Å². The second-order valence-corrected chi connectivity index (χ2v) is 3.61. The molecular formula is C10H16O6. The third-order valence-corrected chi connectivity index (χ3v) is 2.54. The highest BCUT2D eigenvalue weighted by Crippen LogP contribution is 2.32. The number of carbonyl (C=O) groups is 2. The van der Waals surface area contributed by atoms with E-state index in [1.54, 1.807) is 6.92 Å². The summed E-state index contributed by atoms with van der Waals surface area (Å²) in [7, 11) is 2.45. The molecule has 0 aromatic carbocycles. The minimum atomic E-state index is -1.07. The van der Waals surface area contributed by atoms with Crippen LogP contribution in [-0.4, -0.2) is 44.2 Å². The van der Waals surface area contributed by atoms with Crippen LogP contribution in [0.25, 0.3) is 0 Å². The predicted molar refractivity (Wildman–Crippen MR) is 52.5 cm³/mol. The first-order valence-corrected chi connectivity index (χ1v) is 4.98. The zero-order valence-corrected chi connectivity index (χ0v) is 9.81. The second-order valence-electron chi connectivity index (χ2n) is 3.61. The first-order chi connectivity index (χ1) is 7.47. The summed E-state index contributed by atoms with van der Waals surface area (Å²) >= 11 is 0. The standard InChI is InChI=1S/C10H16O6/c1-5-10(2)15-6(8(11)13-3)7(16-10)9(12)14-4/h6-7H,5H2,1-4H3/t6-,7+,10?. The van der Waals surface area contributed by atoms with E-state index in [9.17, 15) is 9.59 Å². The highest BCUT2D eigenvalue weighted by atomic mass is 16.8. The van der Waals surface area contributed by atoms with Gasteiger partial charge in [0.05, 0.1) is 14.2 Å². The van der Waals surface area contributed by atoms with Gasteiger partial charge in [-0.05, 0) is 13.3 Å². The normalized spacial score (nSPS) is 33.5. The van der Waals surface area contributed by atoms with Crippen LogP contribution in [0.5, 0.6) is 0 Å². The van der Waals surface area contributed by atoms with Gasteiger partial charge in [-0.1, -0.05) is 6.92 Å². The third kappa shape index (κ3) is 2.33. The van der Waals surface area contributed by atoms with Crippen LogP contribution in [-0.2, 0) is 28.5 Å². The molecule has 1 aliphatic rings. The molecule has 1 rings (SSSR count). The lowest BCUT2D eigenvalue weighted by Gasteiger charge is -2.20. The summed E-state index contributed by atoms with van der Waals surface area (Å²) in [6.07, 6.45) is -1.63. The molecule has 0 aromatic rings. The summed E-state index contributed by atoms with van der Waals surface area (Å²) in [5, 5.41) is 0. The van der Waals surface area contributed by atoms with Gasteiger partial charge in [-0.15, -0.1) is 0 Å². The van der Waals surface area contributed by atoms with Gasteiger partial charge in [0.25, 0.3) is 0 Å². The van der Waals surface area contributed by atoms with E-state index in [0.29, 0.717) is 6.42 Å². The van der Waals surface area contributed by atoms with Crippen LogP contribution in [0.4, 0.5) is 0 Å². The molecule has 0 saturated carbocycles. The summed E-state index contributed by atoms with van der Waals surface area (Å²) in [4.78, 5) is 22.8. The molecule has 1 saturated heterocycles. The Morgan fingerprint density at radius 3 is 1.75 bits per heavy atom. The maximum absolute atomic E-state index is 11.4. The summed E-state index contributed by atoms with van der Waals surface area (Å²) in [5.74, 6) is -2.25. The molecule has 1 aliphatic heterocycles. The van der Waals surface area contributed by atoms with Crippen LogP contribution in [0.15, 0.2) is 0 Å². The lowest BCUT2D eigenvalue weighted by atomic mass is 10.2. The van der Waals surface area contributed by atoms with Gasteiger partial charge in [0.1, 0.15) is 0 Å². The van der Waals surface area contributed by atoms with Gasteiger partial charge in [0.2, 0.25) is 0 Å². The monoisotopic (exact) mass is 232 g/mol. The first-order valence-electron chi connectivity index (χ1n) is 4.98. The van der Waals surface area contributed by atoms with Crippen LogP contribution in [0.1, 0.15) is 20.3 Å². The Labute approximate surface area is 93.8 Å². The Bertz CT molecular complexity index is 263. The minimum absolute atomic E-state index is 0.508. The number of methoxy groups -OCH3 is 2. The minimum Gasteiger partial charge on any atom is -0.467 e. The van der Waals surface area contributed by atoms with E-state index in [0.717, 1.165) is 0 Å². The molecule has 0 aromatic heterocycles. The molecule has 6 nitrogen and oxygen atoms in total. The quantitative estimate of drug-likeness (QED) is 0.649. The van der Waals surface area contributed by atoms with Crippen molar-refractivity contribution in [1.82, 2.24) is 0 Å². The van der Waals surface area contributed by atoms with Crippen molar-refractivity contribution in [2.45, 2.75) is 38.3 Å². The van der Waals surface area contributed by atoms with Crippen LogP contribution < -0.4 is 0 Å². The van der Waals surface area contributed by atoms with E-state index < -0.39 is 29.9 Å². The Kier molecular flexibility index (Phi) is 3.88. The first kappa shape index (κ1) is 12.9. The van der Waals surface area contributed by atoms with Crippen molar-refractivity contribution in [3.63, 3.8) is 0 Å². The molecule has 1 fully saturated rings. The smallest absolute Gasteiger partial charge is 0.338 e. The van der Waals surface area contributed by atoms with Crippen LogP contribution in [0.3, 0.4) is 0 Å². The average molecular weight is 232 g/mol. The topological polar surface area (TPSA) is 71.1 Å². The van der Waals surface area contributed by atoms with Crippen LogP contribution >= 0.6 is 0 Å². The van der Waals surface area contributed by atoms with E-state index in [1.807, 2.05) is 6.92 Å². The lowest BCUT2D eigenvalue weighted by molar-refractivity contribution is -0.180. The highest BCUT2D eigenvalue weighted by molar-refractivity contribution is 5.86. The van der Waals surface area contributed by atoms with Crippen molar-refractivity contribution in [2.24, 2.45) is 0 Å². The average Bonchev–Trinajstić information content (AvgIpc) is 2.66. The molecule has 0 bridgehead atoms. The van der Waals surface area contributed by atoms with E-state index in [1.165, 1.54) is 14.2 Å². The fourth-order valence-electron chi connectivity index (χ4n) is 1.43. The van der Waals surface area contributed by atoms with Gasteiger partial charge in [-0.3, -0.25) is 0 Å². The van der Waals surface area contributed by atoms with Gasteiger partial charge < -0.3 is 18.9 Å². The summed E-state index contributed by atoms with van der Waals surface area (Å²) in [6, 6.07) is 0. The Morgan fingerprint density at radius 2 is 1.50 bits per heavy atom. The molecule has 0 N–H and O–H groups in total. The molecule has 1 heterocycles. The van der Waals surface area contributed by atoms with E-state index in [-0.39, 0.29) is 0 Å². The predicted octanol–water partition coefficient (Wildman–Crippen LogP) is 0.243. The van der Waals surface area contributed by atoms with Gasteiger partial charge in [-0.2, -0.15) is 0 Å². The fourth-order valence-corrected chi connectivity index (χ4v) is 1.43. The molecular weight excluding hydrogens is 216 g/mol. The fraction of sp³-hybridized carbons (Fsp3) is 0.800. The molecule has 16 heavy (non-hydrogen) atoms. The van der Waals surface area contributed by atoms with E-state index in [4.69, 9.17) is 9.47 Å². The summed E-state index contributed by atoms with van der Waals surface area (Å²) in [5.41, 5.74) is 0. The van der Waals surface area contributed by atoms with Gasteiger partial charge in [0, 0.05) is 0 Å². The van der Waals surface area contributed by atoms with Crippen molar-refractivity contribution in [2.75, 3.05) is 14.2 Å². The number of hydrogen-bond acceptors (Lipinski definition) is 6. The van der Waals surface area contributed by atoms with E-state index >= 15 is 0 Å². The maximum Gasteiger partial charge on any atom is 0.338 e. The maximum atomic E-state index is 11.4. The summed E-state index contributed by atoms with van der Waals surface area (Å²) in [6.45, 7) is 3.49. The number of ether oxygens (including phenoxy) is 4. The Balaban J connectivity index is 2.87. The molecule has 1 unspecified atom stereocenters. The van der Waals surface area contributed by atoms with Crippen molar-refractivity contribution >= 4 is 11.9 Å². The van der Waals surface area contributed by atoms with Crippen molar-refractivity contribution in [1.29, 1.82) is 0 Å². The number of hydrogen-bond donors (Lipinski definition) is 0. The number of esters is 2. The molecule has 0 radical (unpaired) electrons. The molecule has 0 aliphatic carbocycles. The Hall–Kier alpha value is -1.14. The summed E-state index contributed by atoms with van der Waals surface area (Å²) < 4.78 is 19.9. The Morgan fingerprint density at radius 1 is 1.12 bits per heavy atom. The molecule has 0 spiro atoms.